The summed E-state index contributed by atoms with van der Waals surface area (Å²) in [7, 11) is -3.91. The molecule has 0 aliphatic heterocycles. The number of carbonyl (C=O) groups excluding carboxylic acids is 2. The van der Waals surface area contributed by atoms with Crippen LogP contribution in [0, 0.1) is 5.82 Å². The van der Waals surface area contributed by atoms with Gasteiger partial charge < -0.3 is 10.2 Å². The number of amides is 2. The van der Waals surface area contributed by atoms with Crippen LogP contribution >= 0.6 is 23.2 Å². The SMILES string of the molecule is CC[C@H](C(=O)NC1CCCC1)N(Cc1c(Cl)cccc1Cl)C(=O)CN(c1ccc(F)cc1)S(C)(=O)=O. The lowest BCUT2D eigenvalue weighted by molar-refractivity contribution is -0.140. The van der Waals surface area contributed by atoms with Gasteiger partial charge in [0.15, 0.2) is 0 Å². The van der Waals surface area contributed by atoms with Crippen molar-refractivity contribution in [2.75, 3.05) is 17.1 Å². The summed E-state index contributed by atoms with van der Waals surface area (Å²) in [4.78, 5) is 28.3. The molecule has 1 atom stereocenters. The van der Waals surface area contributed by atoms with E-state index in [4.69, 9.17) is 23.2 Å². The number of rotatable bonds is 10. The predicted molar refractivity (Wildman–Crippen MR) is 140 cm³/mol. The number of nitrogens with zero attached hydrogens (tertiary/aromatic N) is 2. The first kappa shape index (κ1) is 28.2. The third-order valence-electron chi connectivity index (χ3n) is 6.27. The molecule has 1 aliphatic rings. The number of benzene rings is 2. The molecule has 1 saturated carbocycles. The van der Waals surface area contributed by atoms with E-state index < -0.39 is 34.3 Å². The van der Waals surface area contributed by atoms with Crippen LogP contribution in [0.1, 0.15) is 44.6 Å². The molecule has 3 rings (SSSR count). The number of hydrogen-bond donors (Lipinski definition) is 1. The maximum atomic E-state index is 13.7. The molecule has 2 aromatic carbocycles. The normalized spacial score (nSPS) is 14.9. The third kappa shape index (κ3) is 7.11. The molecule has 0 radical (unpaired) electrons. The molecule has 1 N–H and O–H groups in total. The average Bonchev–Trinajstić information content (AvgIpc) is 3.32. The Labute approximate surface area is 221 Å². The van der Waals surface area contributed by atoms with Gasteiger partial charge in [-0.3, -0.25) is 13.9 Å². The minimum Gasteiger partial charge on any atom is -0.352 e. The Hall–Kier alpha value is -2.36. The summed E-state index contributed by atoms with van der Waals surface area (Å²) < 4.78 is 39.5. The van der Waals surface area contributed by atoms with Gasteiger partial charge in [-0.2, -0.15) is 0 Å². The smallest absolute Gasteiger partial charge is 0.244 e. The van der Waals surface area contributed by atoms with Crippen molar-refractivity contribution in [3.05, 3.63) is 63.9 Å². The second-order valence-corrected chi connectivity index (χ2v) is 11.6. The van der Waals surface area contributed by atoms with Gasteiger partial charge in [-0.15, -0.1) is 0 Å². The highest BCUT2D eigenvalue weighted by Gasteiger charge is 2.33. The zero-order valence-corrected chi connectivity index (χ0v) is 22.5. The van der Waals surface area contributed by atoms with Crippen molar-refractivity contribution in [2.45, 2.75) is 57.7 Å². The van der Waals surface area contributed by atoms with Crippen molar-refractivity contribution >= 4 is 50.7 Å². The molecular weight excluding hydrogens is 528 g/mol. The minimum atomic E-state index is -3.91. The highest BCUT2D eigenvalue weighted by Crippen LogP contribution is 2.28. The molecule has 11 heteroatoms. The fourth-order valence-electron chi connectivity index (χ4n) is 4.36. The zero-order valence-electron chi connectivity index (χ0n) is 20.2. The van der Waals surface area contributed by atoms with Gasteiger partial charge in [-0.25, -0.2) is 12.8 Å². The van der Waals surface area contributed by atoms with Gasteiger partial charge in [-0.05, 0) is 55.7 Å². The quantitative estimate of drug-likeness (QED) is 0.456. The Bertz CT molecular complexity index is 1170. The Balaban J connectivity index is 1.96. The fraction of sp³-hybridized carbons (Fsp3) is 0.440. The molecular formula is C25H30Cl2FN3O4S. The molecule has 0 spiro atoms. The van der Waals surface area contributed by atoms with E-state index in [1.807, 2.05) is 0 Å². The lowest BCUT2D eigenvalue weighted by Crippen LogP contribution is -2.53. The Morgan fingerprint density at radius 3 is 2.19 bits per heavy atom. The third-order valence-corrected chi connectivity index (χ3v) is 8.12. The van der Waals surface area contributed by atoms with Gasteiger partial charge in [0.2, 0.25) is 21.8 Å². The molecule has 7 nitrogen and oxygen atoms in total. The average molecular weight is 559 g/mol. The molecule has 2 aromatic rings. The number of sulfonamides is 1. The summed E-state index contributed by atoms with van der Waals surface area (Å²) in [6.07, 6.45) is 5.06. The topological polar surface area (TPSA) is 86.8 Å². The molecule has 0 heterocycles. The van der Waals surface area contributed by atoms with E-state index in [0.717, 1.165) is 48.4 Å². The van der Waals surface area contributed by atoms with E-state index in [1.54, 1.807) is 25.1 Å². The van der Waals surface area contributed by atoms with Gasteiger partial charge in [0.1, 0.15) is 18.4 Å². The van der Waals surface area contributed by atoms with Crippen LogP contribution in [0.2, 0.25) is 10.0 Å². The number of anilines is 1. The molecule has 0 saturated heterocycles. The molecule has 196 valence electrons. The number of halogens is 3. The number of hydrogen-bond acceptors (Lipinski definition) is 4. The van der Waals surface area contributed by atoms with Crippen molar-refractivity contribution in [2.24, 2.45) is 0 Å². The maximum absolute atomic E-state index is 13.7. The lowest BCUT2D eigenvalue weighted by atomic mass is 10.1. The minimum absolute atomic E-state index is 0.0409. The molecule has 0 aromatic heterocycles. The van der Waals surface area contributed by atoms with E-state index in [1.165, 1.54) is 17.0 Å². The molecule has 1 aliphatic carbocycles. The van der Waals surface area contributed by atoms with Crippen LogP contribution in [0.3, 0.4) is 0 Å². The first-order valence-corrected chi connectivity index (χ1v) is 14.4. The monoisotopic (exact) mass is 557 g/mol. The van der Waals surface area contributed by atoms with Crippen LogP contribution in [0.5, 0.6) is 0 Å². The van der Waals surface area contributed by atoms with Crippen LogP contribution in [0.4, 0.5) is 10.1 Å². The molecule has 36 heavy (non-hydrogen) atoms. The summed E-state index contributed by atoms with van der Waals surface area (Å²) in [5.41, 5.74) is 0.584. The van der Waals surface area contributed by atoms with Gasteiger partial charge in [0.05, 0.1) is 11.9 Å². The number of carbonyl (C=O) groups is 2. The van der Waals surface area contributed by atoms with Crippen molar-refractivity contribution in [1.82, 2.24) is 10.2 Å². The standard InChI is InChI=1S/C25H30Cl2FN3O4S/c1-3-23(25(33)29-18-7-4-5-8-18)30(15-20-21(26)9-6-10-22(20)27)24(32)16-31(36(2,34)35)19-13-11-17(28)12-14-19/h6,9-14,18,23H,3-5,7-8,15-16H2,1-2H3,(H,29,33)/t23-/m1/s1. The highest BCUT2D eigenvalue weighted by molar-refractivity contribution is 7.92. The molecule has 1 fully saturated rings. The predicted octanol–water partition coefficient (Wildman–Crippen LogP) is 4.76. The van der Waals surface area contributed by atoms with Gasteiger partial charge >= 0.3 is 0 Å². The number of nitrogens with one attached hydrogen (secondary N) is 1. The van der Waals surface area contributed by atoms with Crippen molar-refractivity contribution in [3.63, 3.8) is 0 Å². The van der Waals surface area contributed by atoms with E-state index in [2.05, 4.69) is 5.32 Å². The van der Waals surface area contributed by atoms with Crippen molar-refractivity contribution < 1.29 is 22.4 Å². The Kier molecular flexibility index (Phi) is 9.60. The van der Waals surface area contributed by atoms with Crippen LogP contribution in [0.25, 0.3) is 0 Å². The summed E-state index contributed by atoms with van der Waals surface area (Å²) in [5, 5.41) is 3.68. The lowest BCUT2D eigenvalue weighted by Gasteiger charge is -2.33. The summed E-state index contributed by atoms with van der Waals surface area (Å²) in [6.45, 7) is 1.11. The molecule has 2 amide bonds. The molecule has 0 unspecified atom stereocenters. The van der Waals surface area contributed by atoms with Crippen molar-refractivity contribution in [1.29, 1.82) is 0 Å². The van der Waals surface area contributed by atoms with E-state index in [-0.39, 0.29) is 24.2 Å². The summed E-state index contributed by atoms with van der Waals surface area (Å²) >= 11 is 12.7. The van der Waals surface area contributed by atoms with Crippen molar-refractivity contribution in [3.8, 4) is 0 Å². The van der Waals surface area contributed by atoms with E-state index >= 15 is 0 Å². The Morgan fingerprint density at radius 1 is 1.08 bits per heavy atom. The summed E-state index contributed by atoms with van der Waals surface area (Å²) in [5.74, 6) is -1.47. The first-order chi connectivity index (χ1) is 17.0. The second kappa shape index (κ2) is 12.3. The first-order valence-electron chi connectivity index (χ1n) is 11.8. The van der Waals surface area contributed by atoms with Crippen LogP contribution in [-0.4, -0.2) is 50.0 Å². The van der Waals surface area contributed by atoms with Gasteiger partial charge in [0.25, 0.3) is 0 Å². The second-order valence-electron chi connectivity index (χ2n) is 8.88. The summed E-state index contributed by atoms with van der Waals surface area (Å²) in [6, 6.07) is 8.89. The zero-order chi connectivity index (χ0) is 26.5. The largest absolute Gasteiger partial charge is 0.352 e. The van der Waals surface area contributed by atoms with Crippen LogP contribution in [-0.2, 0) is 26.2 Å². The fourth-order valence-corrected chi connectivity index (χ4v) is 5.73. The maximum Gasteiger partial charge on any atom is 0.244 e. The van der Waals surface area contributed by atoms with Crippen LogP contribution < -0.4 is 9.62 Å². The van der Waals surface area contributed by atoms with Gasteiger partial charge in [0, 0.05) is 28.2 Å². The Morgan fingerprint density at radius 2 is 1.67 bits per heavy atom. The molecule has 0 bridgehead atoms. The van der Waals surface area contributed by atoms with E-state index in [0.29, 0.717) is 22.0 Å². The van der Waals surface area contributed by atoms with E-state index in [9.17, 15) is 22.4 Å². The van der Waals surface area contributed by atoms with Crippen LogP contribution in [0.15, 0.2) is 42.5 Å². The van der Waals surface area contributed by atoms with Gasteiger partial charge in [-0.1, -0.05) is 49.0 Å². The highest BCUT2D eigenvalue weighted by atomic mass is 35.5.